The maximum Gasteiger partial charge on any atom is 0.0640 e. The second-order valence-corrected chi connectivity index (χ2v) is 5.99. The number of rotatable bonds is 3. The molecule has 0 fully saturated rings. The molecule has 1 heterocycles. The molecule has 0 radical (unpaired) electrons. The number of hydrogen-bond donors (Lipinski definition) is 2. The number of fused-ring (bicyclic) bond motifs is 1. The summed E-state index contributed by atoms with van der Waals surface area (Å²) in [7, 11) is 0. The third-order valence-electron chi connectivity index (χ3n) is 4.14. The largest absolute Gasteiger partial charge is 0.377 e. The van der Waals surface area contributed by atoms with Crippen LogP contribution >= 0.6 is 11.6 Å². The van der Waals surface area contributed by atoms with Crippen molar-refractivity contribution in [3.63, 3.8) is 0 Å². The van der Waals surface area contributed by atoms with E-state index in [0.717, 1.165) is 36.6 Å². The molecule has 21 heavy (non-hydrogen) atoms. The monoisotopic (exact) mass is 300 g/mol. The van der Waals surface area contributed by atoms with Gasteiger partial charge in [-0.2, -0.15) is 0 Å². The highest BCUT2D eigenvalue weighted by molar-refractivity contribution is 6.33. The Morgan fingerprint density at radius 3 is 2.62 bits per heavy atom. The lowest BCUT2D eigenvalue weighted by Gasteiger charge is -2.21. The minimum Gasteiger partial charge on any atom is -0.377 e. The first-order chi connectivity index (χ1) is 10.3. The molecule has 0 saturated carbocycles. The van der Waals surface area contributed by atoms with Crippen molar-refractivity contribution in [2.75, 3.05) is 18.4 Å². The highest BCUT2D eigenvalue weighted by Crippen LogP contribution is 2.33. The van der Waals surface area contributed by atoms with Gasteiger partial charge in [0.2, 0.25) is 0 Å². The molecule has 3 heteroatoms. The Labute approximate surface area is 131 Å². The predicted molar refractivity (Wildman–Crippen MR) is 90.2 cm³/mol. The van der Waals surface area contributed by atoms with Crippen LogP contribution in [0.5, 0.6) is 0 Å². The average molecular weight is 301 g/mol. The summed E-state index contributed by atoms with van der Waals surface area (Å²) in [5.41, 5.74) is 5.16. The van der Waals surface area contributed by atoms with Gasteiger partial charge in [-0.25, -0.2) is 0 Å². The fourth-order valence-electron chi connectivity index (χ4n) is 2.94. The molecular weight excluding hydrogens is 280 g/mol. The Kier molecular flexibility index (Phi) is 4.47. The summed E-state index contributed by atoms with van der Waals surface area (Å²) < 4.78 is 0. The van der Waals surface area contributed by atoms with Crippen LogP contribution in [0.4, 0.5) is 5.69 Å². The second kappa shape index (κ2) is 6.50. The molecule has 0 aromatic heterocycles. The zero-order valence-corrected chi connectivity index (χ0v) is 13.1. The summed E-state index contributed by atoms with van der Waals surface area (Å²) >= 11 is 6.46. The van der Waals surface area contributed by atoms with E-state index in [0.29, 0.717) is 0 Å². The van der Waals surface area contributed by atoms with E-state index < -0.39 is 0 Å². The molecule has 1 unspecified atom stereocenters. The third-order valence-corrected chi connectivity index (χ3v) is 4.46. The molecule has 0 bridgehead atoms. The van der Waals surface area contributed by atoms with E-state index >= 15 is 0 Å². The zero-order valence-electron chi connectivity index (χ0n) is 12.3. The van der Waals surface area contributed by atoms with Gasteiger partial charge in [0, 0.05) is 6.04 Å². The summed E-state index contributed by atoms with van der Waals surface area (Å²) in [5, 5.41) is 7.90. The maximum atomic E-state index is 6.46. The van der Waals surface area contributed by atoms with Gasteiger partial charge in [0.25, 0.3) is 0 Å². The van der Waals surface area contributed by atoms with Gasteiger partial charge in [-0.1, -0.05) is 48.0 Å². The van der Waals surface area contributed by atoms with Crippen LogP contribution in [0.2, 0.25) is 5.02 Å². The van der Waals surface area contributed by atoms with Gasteiger partial charge in [0.05, 0.1) is 10.7 Å². The molecule has 1 atom stereocenters. The SMILES string of the molecule is CC(Nc1c(Cl)ccc2c1CCNCC2)c1ccccc1. The smallest absolute Gasteiger partial charge is 0.0640 e. The lowest BCUT2D eigenvalue weighted by molar-refractivity contribution is 0.711. The molecule has 2 N–H and O–H groups in total. The van der Waals surface area contributed by atoms with Crippen LogP contribution in [0.3, 0.4) is 0 Å². The quantitative estimate of drug-likeness (QED) is 0.887. The van der Waals surface area contributed by atoms with Crippen LogP contribution in [0.25, 0.3) is 0 Å². The topological polar surface area (TPSA) is 24.1 Å². The Morgan fingerprint density at radius 2 is 1.81 bits per heavy atom. The van der Waals surface area contributed by atoms with E-state index in [1.807, 2.05) is 12.1 Å². The molecule has 2 nitrogen and oxygen atoms in total. The van der Waals surface area contributed by atoms with E-state index in [2.05, 4.69) is 47.9 Å². The van der Waals surface area contributed by atoms with E-state index in [1.54, 1.807) is 0 Å². The molecule has 110 valence electrons. The third kappa shape index (κ3) is 3.22. The van der Waals surface area contributed by atoms with E-state index in [-0.39, 0.29) is 6.04 Å². The number of anilines is 1. The normalized spacial score (nSPS) is 15.9. The summed E-state index contributed by atoms with van der Waals surface area (Å²) in [6.07, 6.45) is 2.10. The van der Waals surface area contributed by atoms with Gasteiger partial charge in [-0.05, 0) is 55.6 Å². The highest BCUT2D eigenvalue weighted by Gasteiger charge is 2.16. The van der Waals surface area contributed by atoms with Crippen LogP contribution < -0.4 is 10.6 Å². The molecule has 1 aliphatic heterocycles. The first-order valence-corrected chi connectivity index (χ1v) is 7.96. The summed E-state index contributed by atoms with van der Waals surface area (Å²) in [6.45, 7) is 4.24. The predicted octanol–water partition coefficient (Wildman–Crippen LogP) is 4.20. The summed E-state index contributed by atoms with van der Waals surface area (Å²) in [5.74, 6) is 0. The van der Waals surface area contributed by atoms with Crippen molar-refractivity contribution in [2.45, 2.75) is 25.8 Å². The molecular formula is C18H21ClN2. The van der Waals surface area contributed by atoms with Gasteiger partial charge in [0.15, 0.2) is 0 Å². The van der Waals surface area contributed by atoms with Crippen molar-refractivity contribution in [1.29, 1.82) is 0 Å². The van der Waals surface area contributed by atoms with E-state index in [1.165, 1.54) is 16.7 Å². The molecule has 0 amide bonds. The minimum absolute atomic E-state index is 0.242. The van der Waals surface area contributed by atoms with Crippen LogP contribution in [0.15, 0.2) is 42.5 Å². The maximum absolute atomic E-state index is 6.46. The van der Waals surface area contributed by atoms with Crippen molar-refractivity contribution in [3.8, 4) is 0 Å². The summed E-state index contributed by atoms with van der Waals surface area (Å²) in [6, 6.07) is 14.9. The van der Waals surface area contributed by atoms with E-state index in [4.69, 9.17) is 11.6 Å². The molecule has 2 aromatic carbocycles. The number of benzene rings is 2. The lowest BCUT2D eigenvalue weighted by atomic mass is 9.99. The van der Waals surface area contributed by atoms with Gasteiger partial charge < -0.3 is 10.6 Å². The van der Waals surface area contributed by atoms with Crippen LogP contribution in [0, 0.1) is 0 Å². The Balaban J connectivity index is 1.91. The van der Waals surface area contributed by atoms with Crippen LogP contribution in [-0.2, 0) is 12.8 Å². The molecule has 0 saturated heterocycles. The van der Waals surface area contributed by atoms with E-state index in [9.17, 15) is 0 Å². The number of hydrogen-bond acceptors (Lipinski definition) is 2. The molecule has 3 rings (SSSR count). The highest BCUT2D eigenvalue weighted by atomic mass is 35.5. The molecule has 0 aliphatic carbocycles. The van der Waals surface area contributed by atoms with Crippen molar-refractivity contribution >= 4 is 17.3 Å². The Hall–Kier alpha value is -1.51. The Morgan fingerprint density at radius 1 is 1.05 bits per heavy atom. The fourth-order valence-corrected chi connectivity index (χ4v) is 3.17. The Bertz CT molecular complexity index is 610. The molecule has 0 spiro atoms. The molecule has 2 aromatic rings. The zero-order chi connectivity index (χ0) is 14.7. The van der Waals surface area contributed by atoms with Crippen molar-refractivity contribution in [3.05, 3.63) is 64.2 Å². The molecule has 1 aliphatic rings. The van der Waals surface area contributed by atoms with Crippen molar-refractivity contribution in [1.82, 2.24) is 5.32 Å². The van der Waals surface area contributed by atoms with Crippen molar-refractivity contribution < 1.29 is 0 Å². The van der Waals surface area contributed by atoms with Gasteiger partial charge >= 0.3 is 0 Å². The fraction of sp³-hybridized carbons (Fsp3) is 0.333. The van der Waals surface area contributed by atoms with Crippen molar-refractivity contribution in [2.24, 2.45) is 0 Å². The van der Waals surface area contributed by atoms with Crippen LogP contribution in [0.1, 0.15) is 29.7 Å². The standard InChI is InChI=1S/C18H21ClN2/c1-13(14-5-3-2-4-6-14)21-18-16-10-12-20-11-9-15(16)7-8-17(18)19/h2-8,13,20-21H,9-12H2,1H3. The first kappa shape index (κ1) is 14.4. The van der Waals surface area contributed by atoms with Gasteiger partial charge in [-0.15, -0.1) is 0 Å². The van der Waals surface area contributed by atoms with Gasteiger partial charge in [-0.3, -0.25) is 0 Å². The second-order valence-electron chi connectivity index (χ2n) is 5.59. The van der Waals surface area contributed by atoms with Gasteiger partial charge in [0.1, 0.15) is 0 Å². The van der Waals surface area contributed by atoms with Crippen LogP contribution in [-0.4, -0.2) is 13.1 Å². The minimum atomic E-state index is 0.242. The average Bonchev–Trinajstić information content (AvgIpc) is 2.76. The number of nitrogens with one attached hydrogen (secondary N) is 2. The number of halogens is 1. The first-order valence-electron chi connectivity index (χ1n) is 7.58. The lowest BCUT2D eigenvalue weighted by Crippen LogP contribution is -2.16. The summed E-state index contributed by atoms with van der Waals surface area (Å²) in [4.78, 5) is 0.